The molecule has 3 aliphatic rings. The van der Waals surface area contributed by atoms with Gasteiger partial charge in [0.1, 0.15) is 0 Å². The normalized spacial score (nSPS) is 31.8. The summed E-state index contributed by atoms with van der Waals surface area (Å²) in [6.07, 6.45) is 2.78. The summed E-state index contributed by atoms with van der Waals surface area (Å²) in [5, 5.41) is 6.03. The number of nitrogens with one attached hydrogen (secondary N) is 1. The van der Waals surface area contributed by atoms with Crippen molar-refractivity contribution in [1.29, 1.82) is 0 Å². The molecule has 3 aliphatic heterocycles. The van der Waals surface area contributed by atoms with Gasteiger partial charge in [-0.25, -0.2) is 0 Å². The van der Waals surface area contributed by atoms with Crippen LogP contribution in [-0.2, 0) is 0 Å². The van der Waals surface area contributed by atoms with Crippen LogP contribution < -0.4 is 5.32 Å². The van der Waals surface area contributed by atoms with Gasteiger partial charge in [-0.3, -0.25) is 0 Å². The van der Waals surface area contributed by atoms with Gasteiger partial charge in [0.2, 0.25) is 0 Å². The molecule has 0 aromatic carbocycles. The molecule has 3 saturated heterocycles. The summed E-state index contributed by atoms with van der Waals surface area (Å²) in [5.41, 5.74) is 0. The number of rotatable bonds is 5. The third-order valence-electron chi connectivity index (χ3n) is 4.72. The first-order chi connectivity index (χ1) is 9.24. The van der Waals surface area contributed by atoms with Crippen molar-refractivity contribution < 1.29 is 0 Å². The molecule has 2 bridgehead atoms. The molecule has 2 atom stereocenters. The summed E-state index contributed by atoms with van der Waals surface area (Å²) >= 11 is 1.87. The summed E-state index contributed by atoms with van der Waals surface area (Å²) in [6, 6.07) is 5.64. The smallest absolute Gasteiger partial charge is 0.0561 e. The van der Waals surface area contributed by atoms with Gasteiger partial charge in [0.25, 0.3) is 0 Å². The van der Waals surface area contributed by atoms with Gasteiger partial charge in [-0.15, -0.1) is 11.3 Å². The summed E-state index contributed by atoms with van der Waals surface area (Å²) < 4.78 is 0. The third kappa shape index (κ3) is 3.02. The Hall–Kier alpha value is -0.420. The molecule has 1 aromatic rings. The number of likely N-dealkylation sites (N-methyl/N-ethyl adjacent to an activating group) is 1. The summed E-state index contributed by atoms with van der Waals surface area (Å²) in [7, 11) is 4.37. The Bertz CT molecular complexity index is 382. The maximum atomic E-state index is 3.85. The Morgan fingerprint density at radius 3 is 2.74 bits per heavy atom. The van der Waals surface area contributed by atoms with Crippen LogP contribution in [0, 0.1) is 5.92 Å². The quantitative estimate of drug-likeness (QED) is 0.890. The molecule has 0 radical (unpaired) electrons. The molecule has 1 aromatic heterocycles. The first kappa shape index (κ1) is 13.6. The molecule has 0 amide bonds. The van der Waals surface area contributed by atoms with E-state index in [2.05, 4.69) is 46.7 Å². The maximum absolute atomic E-state index is 3.85. The zero-order valence-corrected chi connectivity index (χ0v) is 12.8. The van der Waals surface area contributed by atoms with E-state index in [1.807, 2.05) is 11.3 Å². The van der Waals surface area contributed by atoms with E-state index in [9.17, 15) is 0 Å². The van der Waals surface area contributed by atoms with Gasteiger partial charge in [-0.1, -0.05) is 6.07 Å². The van der Waals surface area contributed by atoms with E-state index in [-0.39, 0.29) is 0 Å². The molecule has 19 heavy (non-hydrogen) atoms. The number of fused-ring (bicyclic) bond motifs is 3. The molecule has 0 saturated carbocycles. The van der Waals surface area contributed by atoms with E-state index in [1.54, 1.807) is 0 Å². The predicted octanol–water partition coefficient (Wildman–Crippen LogP) is 2.03. The molecule has 0 spiro atoms. The molecular formula is C15H25N3S. The Morgan fingerprint density at radius 1 is 1.42 bits per heavy atom. The summed E-state index contributed by atoms with van der Waals surface area (Å²) in [5.74, 6) is 0.913. The van der Waals surface area contributed by atoms with Crippen LogP contribution in [0.15, 0.2) is 17.5 Å². The van der Waals surface area contributed by atoms with Gasteiger partial charge in [-0.05, 0) is 57.4 Å². The zero-order chi connectivity index (χ0) is 13.2. The maximum Gasteiger partial charge on any atom is 0.0561 e. The molecule has 3 nitrogen and oxygen atoms in total. The van der Waals surface area contributed by atoms with Crippen LogP contribution >= 0.6 is 11.3 Å². The lowest BCUT2D eigenvalue weighted by atomic mass is 9.84. The second-order valence-corrected chi connectivity index (χ2v) is 7.13. The molecule has 4 rings (SSSR count). The van der Waals surface area contributed by atoms with E-state index in [0.29, 0.717) is 12.1 Å². The summed E-state index contributed by atoms with van der Waals surface area (Å²) in [4.78, 5) is 6.42. The molecule has 106 valence electrons. The van der Waals surface area contributed by atoms with Gasteiger partial charge < -0.3 is 15.1 Å². The number of thiophene rings is 1. The van der Waals surface area contributed by atoms with Crippen LogP contribution in [0.4, 0.5) is 0 Å². The highest BCUT2D eigenvalue weighted by molar-refractivity contribution is 7.10. The van der Waals surface area contributed by atoms with E-state index >= 15 is 0 Å². The second kappa shape index (κ2) is 5.92. The van der Waals surface area contributed by atoms with Crippen molar-refractivity contribution in [2.24, 2.45) is 5.92 Å². The fourth-order valence-corrected chi connectivity index (χ4v) is 4.40. The van der Waals surface area contributed by atoms with E-state index in [0.717, 1.165) is 12.5 Å². The lowest BCUT2D eigenvalue weighted by Gasteiger charge is -2.45. The minimum atomic E-state index is 0.510. The topological polar surface area (TPSA) is 18.5 Å². The van der Waals surface area contributed by atoms with Gasteiger partial charge in [0.05, 0.1) is 6.04 Å². The van der Waals surface area contributed by atoms with Gasteiger partial charge in [0.15, 0.2) is 0 Å². The highest BCUT2D eigenvalue weighted by Crippen LogP contribution is 2.28. The minimum absolute atomic E-state index is 0.510. The van der Waals surface area contributed by atoms with Crippen molar-refractivity contribution in [3.8, 4) is 0 Å². The van der Waals surface area contributed by atoms with Crippen LogP contribution in [0.3, 0.4) is 0 Å². The third-order valence-corrected chi connectivity index (χ3v) is 5.70. The number of nitrogens with zero attached hydrogens (tertiary/aromatic N) is 2. The van der Waals surface area contributed by atoms with Crippen molar-refractivity contribution >= 4 is 11.3 Å². The van der Waals surface area contributed by atoms with Gasteiger partial charge in [0, 0.05) is 24.0 Å². The minimum Gasteiger partial charge on any atom is -0.310 e. The molecule has 4 heteroatoms. The average Bonchev–Trinajstić information content (AvgIpc) is 2.94. The standard InChI is InChI=1S/C15H25N3S/c1-17(2)14(15-4-3-9-19-15)10-16-13-11-18-7-5-12(13)6-8-18/h3-4,9,12-14,16H,5-8,10-11H2,1-2H3. The first-order valence-corrected chi connectivity index (χ1v) is 8.27. The molecular weight excluding hydrogens is 254 g/mol. The first-order valence-electron chi connectivity index (χ1n) is 7.39. The van der Waals surface area contributed by atoms with Crippen molar-refractivity contribution in [2.75, 3.05) is 40.3 Å². The van der Waals surface area contributed by atoms with Gasteiger partial charge in [-0.2, -0.15) is 0 Å². The Balaban J connectivity index is 1.58. The van der Waals surface area contributed by atoms with Crippen molar-refractivity contribution in [3.05, 3.63) is 22.4 Å². The van der Waals surface area contributed by atoms with Crippen LogP contribution in [-0.4, -0.2) is 56.1 Å². The lowest BCUT2D eigenvalue weighted by Crippen LogP contribution is -2.56. The van der Waals surface area contributed by atoms with Gasteiger partial charge >= 0.3 is 0 Å². The van der Waals surface area contributed by atoms with Crippen LogP contribution in [0.1, 0.15) is 23.8 Å². The van der Waals surface area contributed by atoms with E-state index in [4.69, 9.17) is 0 Å². The predicted molar refractivity (Wildman–Crippen MR) is 81.7 cm³/mol. The Kier molecular flexibility index (Phi) is 4.22. The molecule has 2 unspecified atom stereocenters. The van der Waals surface area contributed by atoms with Crippen molar-refractivity contribution in [3.63, 3.8) is 0 Å². The molecule has 4 heterocycles. The van der Waals surface area contributed by atoms with Crippen molar-refractivity contribution in [2.45, 2.75) is 24.9 Å². The number of hydrogen-bond acceptors (Lipinski definition) is 4. The highest BCUT2D eigenvalue weighted by atomic mass is 32.1. The number of piperidine rings is 3. The molecule has 3 fully saturated rings. The fraction of sp³-hybridized carbons (Fsp3) is 0.733. The number of hydrogen-bond donors (Lipinski definition) is 1. The lowest BCUT2D eigenvalue weighted by molar-refractivity contribution is 0.0694. The average molecular weight is 279 g/mol. The summed E-state index contributed by atoms with van der Waals surface area (Å²) in [6.45, 7) is 4.98. The van der Waals surface area contributed by atoms with Crippen molar-refractivity contribution in [1.82, 2.24) is 15.1 Å². The molecule has 0 aliphatic carbocycles. The molecule has 1 N–H and O–H groups in total. The van der Waals surface area contributed by atoms with E-state index < -0.39 is 0 Å². The monoisotopic (exact) mass is 279 g/mol. The highest BCUT2D eigenvalue weighted by Gasteiger charge is 2.34. The Morgan fingerprint density at radius 2 is 2.21 bits per heavy atom. The van der Waals surface area contributed by atoms with Crippen LogP contribution in [0.2, 0.25) is 0 Å². The fourth-order valence-electron chi connectivity index (χ4n) is 3.48. The van der Waals surface area contributed by atoms with Crippen LogP contribution in [0.25, 0.3) is 0 Å². The zero-order valence-electron chi connectivity index (χ0n) is 12.0. The largest absolute Gasteiger partial charge is 0.310 e. The van der Waals surface area contributed by atoms with Crippen LogP contribution in [0.5, 0.6) is 0 Å². The second-order valence-electron chi connectivity index (χ2n) is 6.15. The Labute approximate surface area is 120 Å². The van der Waals surface area contributed by atoms with E-state index in [1.165, 1.54) is 37.4 Å². The SMILES string of the molecule is CN(C)C(CNC1CN2CCC1CC2)c1cccs1.